The molecule has 2 atom stereocenters. The Morgan fingerprint density at radius 3 is 2.71 bits per heavy atom. The van der Waals surface area contributed by atoms with E-state index in [-0.39, 0.29) is 17.2 Å². The fourth-order valence-electron chi connectivity index (χ4n) is 3.05. The van der Waals surface area contributed by atoms with E-state index in [1.165, 1.54) is 18.2 Å². The Morgan fingerprint density at radius 1 is 1.38 bits per heavy atom. The van der Waals surface area contributed by atoms with Crippen molar-refractivity contribution in [3.63, 3.8) is 0 Å². The number of benzene rings is 1. The number of halogens is 2. The van der Waals surface area contributed by atoms with Crippen LogP contribution in [0.4, 0.5) is 8.78 Å². The molecule has 0 spiro atoms. The smallest absolute Gasteiger partial charge is 0.127 e. The second-order valence-corrected chi connectivity index (χ2v) is 6.75. The third kappa shape index (κ3) is 3.80. The van der Waals surface area contributed by atoms with Crippen LogP contribution < -0.4 is 5.32 Å². The van der Waals surface area contributed by atoms with Gasteiger partial charge in [-0.2, -0.15) is 0 Å². The van der Waals surface area contributed by atoms with E-state index in [2.05, 4.69) is 37.9 Å². The Bertz CT molecular complexity index is 490. The largest absolute Gasteiger partial charge is 0.309 e. The molecule has 1 aliphatic rings. The summed E-state index contributed by atoms with van der Waals surface area (Å²) in [5, 5.41) is 3.61. The number of hydrogen-bond donors (Lipinski definition) is 1. The lowest BCUT2D eigenvalue weighted by atomic mass is 9.89. The summed E-state index contributed by atoms with van der Waals surface area (Å²) in [6.45, 7) is 10.9. The van der Waals surface area contributed by atoms with E-state index in [1.807, 2.05) is 0 Å². The second-order valence-electron chi connectivity index (χ2n) is 6.75. The van der Waals surface area contributed by atoms with E-state index < -0.39 is 0 Å². The lowest BCUT2D eigenvalue weighted by molar-refractivity contribution is 0.0530. The summed E-state index contributed by atoms with van der Waals surface area (Å²) >= 11 is 0. The monoisotopic (exact) mass is 296 g/mol. The van der Waals surface area contributed by atoms with Crippen LogP contribution in [0.15, 0.2) is 18.2 Å². The summed E-state index contributed by atoms with van der Waals surface area (Å²) < 4.78 is 27.3. The molecule has 2 unspecified atom stereocenters. The molecule has 2 nitrogen and oxygen atoms in total. The lowest BCUT2D eigenvalue weighted by Crippen LogP contribution is -2.63. The van der Waals surface area contributed by atoms with Gasteiger partial charge in [0.25, 0.3) is 0 Å². The SMILES string of the molecule is CCC1(C)CN(Cc2cc(F)ccc2F)C(C(C)C)CN1. The number of piperazine rings is 1. The Hall–Kier alpha value is -1.00. The summed E-state index contributed by atoms with van der Waals surface area (Å²) in [7, 11) is 0. The highest BCUT2D eigenvalue weighted by atomic mass is 19.1. The molecule has 0 radical (unpaired) electrons. The van der Waals surface area contributed by atoms with Crippen molar-refractivity contribution in [2.24, 2.45) is 5.92 Å². The van der Waals surface area contributed by atoms with Crippen molar-refractivity contribution >= 4 is 0 Å². The number of rotatable bonds is 4. The van der Waals surface area contributed by atoms with Gasteiger partial charge in [-0.1, -0.05) is 20.8 Å². The molecule has 118 valence electrons. The number of nitrogens with zero attached hydrogens (tertiary/aromatic N) is 1. The number of nitrogens with one attached hydrogen (secondary N) is 1. The molecule has 0 aromatic heterocycles. The van der Waals surface area contributed by atoms with Gasteiger partial charge < -0.3 is 5.32 Å². The van der Waals surface area contributed by atoms with Gasteiger partial charge in [-0.15, -0.1) is 0 Å². The van der Waals surface area contributed by atoms with Crippen LogP contribution in [0.2, 0.25) is 0 Å². The third-order valence-corrected chi connectivity index (χ3v) is 4.69. The first-order chi connectivity index (χ1) is 9.84. The Morgan fingerprint density at radius 2 is 2.10 bits per heavy atom. The predicted molar refractivity (Wildman–Crippen MR) is 82.1 cm³/mol. The third-order valence-electron chi connectivity index (χ3n) is 4.69. The minimum absolute atomic E-state index is 0.0369. The standard InChI is InChI=1S/C17H26F2N2/c1-5-17(4)11-21(16(9-20-17)12(2)3)10-13-8-14(18)6-7-15(13)19/h6-8,12,16,20H,5,9-11H2,1-4H3. The van der Waals surface area contributed by atoms with Crippen molar-refractivity contribution in [2.45, 2.75) is 52.2 Å². The molecule has 1 aliphatic heterocycles. The van der Waals surface area contributed by atoms with Gasteiger partial charge in [0, 0.05) is 36.8 Å². The van der Waals surface area contributed by atoms with Crippen molar-refractivity contribution in [1.29, 1.82) is 0 Å². The van der Waals surface area contributed by atoms with Crippen molar-refractivity contribution in [3.8, 4) is 0 Å². The topological polar surface area (TPSA) is 15.3 Å². The fourth-order valence-corrected chi connectivity index (χ4v) is 3.05. The minimum Gasteiger partial charge on any atom is -0.309 e. The maximum Gasteiger partial charge on any atom is 0.127 e. The fraction of sp³-hybridized carbons (Fsp3) is 0.647. The van der Waals surface area contributed by atoms with Crippen LogP contribution in [-0.2, 0) is 6.54 Å². The normalized spacial score (nSPS) is 27.3. The summed E-state index contributed by atoms with van der Waals surface area (Å²) in [6, 6.07) is 4.05. The van der Waals surface area contributed by atoms with Crippen molar-refractivity contribution in [2.75, 3.05) is 13.1 Å². The molecule has 0 aliphatic carbocycles. The van der Waals surface area contributed by atoms with Gasteiger partial charge >= 0.3 is 0 Å². The predicted octanol–water partition coefficient (Wildman–Crippen LogP) is 3.56. The molecular formula is C17H26F2N2. The van der Waals surface area contributed by atoms with Crippen LogP contribution in [-0.4, -0.2) is 29.6 Å². The molecule has 0 bridgehead atoms. The highest BCUT2D eigenvalue weighted by Crippen LogP contribution is 2.25. The van der Waals surface area contributed by atoms with E-state index in [0.717, 1.165) is 19.5 Å². The molecule has 1 heterocycles. The van der Waals surface area contributed by atoms with E-state index in [9.17, 15) is 8.78 Å². The highest BCUT2D eigenvalue weighted by molar-refractivity contribution is 5.19. The molecule has 21 heavy (non-hydrogen) atoms. The minimum atomic E-state index is -0.374. The van der Waals surface area contributed by atoms with Crippen molar-refractivity contribution in [1.82, 2.24) is 10.2 Å². The van der Waals surface area contributed by atoms with Crippen LogP contribution >= 0.6 is 0 Å². The summed E-state index contributed by atoms with van der Waals surface area (Å²) in [4.78, 5) is 2.29. The van der Waals surface area contributed by atoms with Gasteiger partial charge in [-0.25, -0.2) is 8.78 Å². The first-order valence-corrected chi connectivity index (χ1v) is 7.77. The molecule has 2 rings (SSSR count). The maximum atomic E-state index is 13.9. The van der Waals surface area contributed by atoms with Crippen LogP contribution in [0.1, 0.15) is 39.7 Å². The summed E-state index contributed by atoms with van der Waals surface area (Å²) in [5.41, 5.74) is 0.482. The van der Waals surface area contributed by atoms with Gasteiger partial charge in [0.05, 0.1) is 0 Å². The van der Waals surface area contributed by atoms with E-state index in [1.54, 1.807) is 0 Å². The Balaban J connectivity index is 2.22. The molecule has 1 aromatic rings. The first kappa shape index (κ1) is 16.4. The van der Waals surface area contributed by atoms with Gasteiger partial charge in [-0.3, -0.25) is 4.90 Å². The number of hydrogen-bond acceptors (Lipinski definition) is 2. The molecule has 1 fully saturated rings. The molecular weight excluding hydrogens is 270 g/mol. The quantitative estimate of drug-likeness (QED) is 0.914. The van der Waals surface area contributed by atoms with Gasteiger partial charge in [0.1, 0.15) is 11.6 Å². The molecule has 1 N–H and O–H groups in total. The van der Waals surface area contributed by atoms with Gasteiger partial charge in [0.2, 0.25) is 0 Å². The Kier molecular flexibility index (Phi) is 4.99. The molecule has 0 saturated carbocycles. The molecule has 1 saturated heterocycles. The van der Waals surface area contributed by atoms with Crippen LogP contribution in [0.25, 0.3) is 0 Å². The summed E-state index contributed by atoms with van der Waals surface area (Å²) in [6.07, 6.45) is 1.01. The highest BCUT2D eigenvalue weighted by Gasteiger charge is 2.35. The second kappa shape index (κ2) is 6.41. The van der Waals surface area contributed by atoms with Crippen LogP contribution in [0.5, 0.6) is 0 Å². The lowest BCUT2D eigenvalue weighted by Gasteiger charge is -2.47. The molecule has 1 aromatic carbocycles. The van der Waals surface area contributed by atoms with Crippen molar-refractivity contribution < 1.29 is 8.78 Å². The summed E-state index contributed by atoms with van der Waals surface area (Å²) in [5.74, 6) is -0.230. The first-order valence-electron chi connectivity index (χ1n) is 7.77. The zero-order valence-corrected chi connectivity index (χ0v) is 13.4. The van der Waals surface area contributed by atoms with Crippen molar-refractivity contribution in [3.05, 3.63) is 35.4 Å². The average molecular weight is 296 g/mol. The Labute approximate surface area is 126 Å². The van der Waals surface area contributed by atoms with Gasteiger partial charge in [-0.05, 0) is 37.5 Å². The molecule has 0 amide bonds. The van der Waals surface area contributed by atoms with Crippen LogP contribution in [0.3, 0.4) is 0 Å². The van der Waals surface area contributed by atoms with E-state index >= 15 is 0 Å². The van der Waals surface area contributed by atoms with Gasteiger partial charge in [0.15, 0.2) is 0 Å². The van der Waals surface area contributed by atoms with E-state index in [0.29, 0.717) is 24.1 Å². The van der Waals surface area contributed by atoms with E-state index in [4.69, 9.17) is 0 Å². The zero-order valence-electron chi connectivity index (χ0n) is 13.4. The van der Waals surface area contributed by atoms with Crippen LogP contribution in [0, 0.1) is 17.6 Å². The maximum absolute atomic E-state index is 13.9. The molecule has 4 heteroatoms. The zero-order chi connectivity index (χ0) is 15.6. The average Bonchev–Trinajstić information content (AvgIpc) is 2.43.